The van der Waals surface area contributed by atoms with E-state index in [1.54, 1.807) is 12.1 Å². The molecule has 0 spiro atoms. The number of benzene rings is 2. The summed E-state index contributed by atoms with van der Waals surface area (Å²) in [4.78, 5) is 33.7. The van der Waals surface area contributed by atoms with Crippen LogP contribution in [0.5, 0.6) is 0 Å². The van der Waals surface area contributed by atoms with Crippen LogP contribution in [0.2, 0.25) is 0 Å². The number of hydrogen-bond donors (Lipinski definition) is 2. The van der Waals surface area contributed by atoms with E-state index >= 15 is 0 Å². The van der Waals surface area contributed by atoms with Crippen LogP contribution in [0.1, 0.15) is 37.7 Å². The molecule has 6 atom stereocenters. The van der Waals surface area contributed by atoms with Crippen molar-refractivity contribution in [1.82, 2.24) is 19.9 Å². The number of anilines is 4. The maximum atomic E-state index is 15.0. The second-order valence-corrected chi connectivity index (χ2v) is 14.2. The summed E-state index contributed by atoms with van der Waals surface area (Å²) < 4.78 is 41.3. The van der Waals surface area contributed by atoms with Crippen molar-refractivity contribution in [3.63, 3.8) is 0 Å². The Labute approximate surface area is 278 Å². The predicted molar refractivity (Wildman–Crippen MR) is 177 cm³/mol. The number of fused-ring (bicyclic) bond motifs is 7. The van der Waals surface area contributed by atoms with Crippen molar-refractivity contribution in [1.29, 1.82) is 0 Å². The lowest BCUT2D eigenvalue weighted by Crippen LogP contribution is -2.50. The number of ether oxygens (including phenoxy) is 2. The Morgan fingerprint density at radius 3 is 1.71 bits per heavy atom. The number of rotatable bonds is 6. The molecule has 0 unspecified atom stereocenters. The summed E-state index contributed by atoms with van der Waals surface area (Å²) in [5.41, 5.74) is 3.68. The number of amides is 2. The quantitative estimate of drug-likeness (QED) is 0.395. The molecule has 0 radical (unpaired) electrons. The fourth-order valence-electron chi connectivity index (χ4n) is 8.77. The summed E-state index contributed by atoms with van der Waals surface area (Å²) in [5.74, 6) is 1.14. The summed E-state index contributed by atoms with van der Waals surface area (Å²) in [6.07, 6.45) is 2.20. The van der Waals surface area contributed by atoms with E-state index in [4.69, 9.17) is 24.4 Å². The first-order valence-electron chi connectivity index (χ1n) is 17.2. The fraction of sp³-hybridized carbons (Fsp3) is 0.543. The van der Waals surface area contributed by atoms with Gasteiger partial charge in [-0.25, -0.2) is 13.6 Å². The monoisotopic (exact) mass is 658 g/mol. The van der Waals surface area contributed by atoms with Crippen molar-refractivity contribution < 1.29 is 23.0 Å². The van der Waals surface area contributed by atoms with Crippen LogP contribution in [0.4, 0.5) is 36.8 Å². The normalized spacial score (nSPS) is 33.6. The van der Waals surface area contributed by atoms with Crippen molar-refractivity contribution in [2.75, 3.05) is 66.5 Å². The first-order chi connectivity index (χ1) is 23.4. The number of morpholine rings is 2. The molecule has 7 aliphatic rings. The van der Waals surface area contributed by atoms with Crippen LogP contribution in [0.25, 0.3) is 11.4 Å². The van der Waals surface area contributed by atoms with Crippen LogP contribution in [0.15, 0.2) is 48.5 Å². The van der Waals surface area contributed by atoms with E-state index in [9.17, 15) is 13.6 Å². The minimum Gasteiger partial charge on any atom is -0.377 e. The van der Waals surface area contributed by atoms with Crippen LogP contribution in [0.3, 0.4) is 0 Å². The zero-order chi connectivity index (χ0) is 32.4. The maximum Gasteiger partial charge on any atom is 0.323 e. The Balaban J connectivity index is 0.934. The molecule has 10 rings (SSSR count). The third-order valence-electron chi connectivity index (χ3n) is 11.5. The molecule has 252 valence electrons. The van der Waals surface area contributed by atoms with Crippen molar-refractivity contribution in [2.24, 2.45) is 0 Å². The molecule has 7 saturated heterocycles. The highest BCUT2D eigenvalue weighted by Crippen LogP contribution is 2.43. The molecule has 3 aromatic rings. The first-order valence-corrected chi connectivity index (χ1v) is 17.2. The molecule has 11 nitrogen and oxygen atoms in total. The third-order valence-corrected chi connectivity index (χ3v) is 11.5. The fourth-order valence-corrected chi connectivity index (χ4v) is 8.77. The van der Waals surface area contributed by atoms with Gasteiger partial charge in [0.1, 0.15) is 12.3 Å². The van der Waals surface area contributed by atoms with Crippen LogP contribution in [-0.4, -0.2) is 108 Å². The average Bonchev–Trinajstić information content (AvgIpc) is 3.43. The van der Waals surface area contributed by atoms with E-state index in [1.807, 2.05) is 34.1 Å². The second-order valence-electron chi connectivity index (χ2n) is 14.2. The van der Waals surface area contributed by atoms with E-state index in [1.165, 1.54) is 44.5 Å². The summed E-state index contributed by atoms with van der Waals surface area (Å²) in [7, 11) is 0. The molecule has 0 saturated carbocycles. The van der Waals surface area contributed by atoms with Gasteiger partial charge in [-0.3, -0.25) is 0 Å². The number of piperidine rings is 3. The molecule has 1 aromatic heterocycles. The van der Waals surface area contributed by atoms with E-state index < -0.39 is 24.4 Å². The smallest absolute Gasteiger partial charge is 0.323 e. The molecular weight excluding hydrogens is 618 g/mol. The van der Waals surface area contributed by atoms with Crippen LogP contribution in [0, 0.1) is 0 Å². The van der Waals surface area contributed by atoms with E-state index in [2.05, 4.69) is 27.7 Å². The van der Waals surface area contributed by atoms with Gasteiger partial charge in [0.25, 0.3) is 0 Å². The largest absolute Gasteiger partial charge is 0.377 e. The molecule has 7 fully saturated rings. The number of carbonyl (C=O) groups is 1. The minimum atomic E-state index is -1.05. The minimum absolute atomic E-state index is 0.182. The van der Waals surface area contributed by atoms with Gasteiger partial charge in [0, 0.05) is 29.8 Å². The first kappa shape index (κ1) is 30.1. The average molecular weight is 659 g/mol. The maximum absolute atomic E-state index is 15.0. The lowest BCUT2D eigenvalue weighted by molar-refractivity contribution is 0.0810. The zero-order valence-corrected chi connectivity index (χ0v) is 26.7. The van der Waals surface area contributed by atoms with Gasteiger partial charge in [0.15, 0.2) is 5.82 Å². The van der Waals surface area contributed by atoms with Crippen molar-refractivity contribution in [3.05, 3.63) is 54.1 Å². The Morgan fingerprint density at radius 2 is 1.21 bits per heavy atom. The number of nitrogens with one attached hydrogen (secondary N) is 2. The Bertz CT molecular complexity index is 1610. The summed E-state index contributed by atoms with van der Waals surface area (Å²) in [6.45, 7) is 4.81. The number of nitrogens with zero attached hydrogens (tertiary/aromatic N) is 6. The molecule has 48 heavy (non-hydrogen) atoms. The standard InChI is InChI=1S/C35H40F2N8O3/c36-27-15-25-17-47-19-29(27)44(25)32-40-31(41-33(42-32)45-26-16-28(37)30(45)20-48-18-26)21-1-5-23(6-2-21)38-34(46)39-24-7-3-22(4-8-24)35-9-12-43(13-10-35)14-11-35/h1-8,25-30H,9-20H2,(H2,38,39,46)/t25-,26-,27-,28-,29-,30-/m0/s1. The van der Waals surface area contributed by atoms with Gasteiger partial charge in [0.05, 0.1) is 50.6 Å². The molecule has 6 bridgehead atoms. The van der Waals surface area contributed by atoms with Crippen LogP contribution < -0.4 is 20.4 Å². The van der Waals surface area contributed by atoms with Gasteiger partial charge < -0.3 is 34.8 Å². The lowest BCUT2D eigenvalue weighted by Gasteiger charge is -2.48. The van der Waals surface area contributed by atoms with Crippen molar-refractivity contribution in [2.45, 2.75) is 74.0 Å². The summed E-state index contributed by atoms with van der Waals surface area (Å²) in [5, 5.41) is 5.86. The number of alkyl halides is 2. The number of halogens is 2. The number of aromatic nitrogens is 3. The van der Waals surface area contributed by atoms with E-state index in [0.717, 1.165) is 5.69 Å². The van der Waals surface area contributed by atoms with Crippen LogP contribution in [-0.2, 0) is 14.9 Å². The van der Waals surface area contributed by atoms with Gasteiger partial charge in [-0.2, -0.15) is 15.0 Å². The van der Waals surface area contributed by atoms with Gasteiger partial charge in [-0.15, -0.1) is 0 Å². The summed E-state index contributed by atoms with van der Waals surface area (Å²) in [6, 6.07) is 13.9. The third kappa shape index (κ3) is 5.26. The number of carbonyl (C=O) groups excluding carboxylic acids is 1. The SMILES string of the molecule is O=C(Nc1ccc(-c2nc(N3[C@@H]4COC[C@H]3[C@@H](F)C4)nc(N3[C@@H]4COC[C@H]3[C@@H](F)C4)n2)cc1)Nc1ccc(C23CCN(CC2)CC3)cc1. The van der Waals surface area contributed by atoms with Gasteiger partial charge >= 0.3 is 6.03 Å². The highest BCUT2D eigenvalue weighted by Gasteiger charge is 2.49. The van der Waals surface area contributed by atoms with E-state index in [-0.39, 0.29) is 36.7 Å². The van der Waals surface area contributed by atoms with Crippen molar-refractivity contribution in [3.8, 4) is 11.4 Å². The number of hydrogen-bond acceptors (Lipinski definition) is 9. The van der Waals surface area contributed by atoms with Gasteiger partial charge in [-0.1, -0.05) is 12.1 Å². The van der Waals surface area contributed by atoms with Crippen LogP contribution >= 0.6 is 0 Å². The predicted octanol–water partition coefficient (Wildman–Crippen LogP) is 4.55. The van der Waals surface area contributed by atoms with Crippen molar-refractivity contribution >= 4 is 29.3 Å². The molecule has 2 aromatic carbocycles. The van der Waals surface area contributed by atoms with E-state index in [0.29, 0.717) is 55.0 Å². The highest BCUT2D eigenvalue weighted by atomic mass is 19.1. The summed E-state index contributed by atoms with van der Waals surface area (Å²) >= 11 is 0. The second kappa shape index (κ2) is 11.9. The Kier molecular flexibility index (Phi) is 7.46. The molecule has 7 aliphatic heterocycles. The molecule has 2 amide bonds. The zero-order valence-electron chi connectivity index (χ0n) is 26.7. The molecular formula is C35H40F2N8O3. The molecule has 2 N–H and O–H groups in total. The van der Waals surface area contributed by atoms with Gasteiger partial charge in [0.2, 0.25) is 11.9 Å². The Hall–Kier alpha value is -3.94. The van der Waals surface area contributed by atoms with Gasteiger partial charge in [-0.05, 0) is 86.3 Å². The lowest BCUT2D eigenvalue weighted by atomic mass is 9.67. The molecule has 8 heterocycles. The highest BCUT2D eigenvalue weighted by molar-refractivity contribution is 5.99. The number of urea groups is 1. The molecule has 0 aliphatic carbocycles. The Morgan fingerprint density at radius 1 is 0.708 bits per heavy atom. The molecule has 13 heteroatoms. The topological polar surface area (TPSA) is 108 Å².